The van der Waals surface area contributed by atoms with Crippen LogP contribution in [0.1, 0.15) is 32.1 Å². The van der Waals surface area contributed by atoms with E-state index in [4.69, 9.17) is 14.6 Å². The number of nitrogens with zero attached hydrogens (tertiary/aromatic N) is 2. The summed E-state index contributed by atoms with van der Waals surface area (Å²) >= 11 is 0. The number of ether oxygens (including phenoxy) is 1. The van der Waals surface area contributed by atoms with Crippen LogP contribution in [0, 0.1) is 0 Å². The van der Waals surface area contributed by atoms with Gasteiger partial charge in [0.25, 0.3) is 0 Å². The third-order valence-electron chi connectivity index (χ3n) is 3.74. The molecule has 2 bridgehead atoms. The van der Waals surface area contributed by atoms with Crippen molar-refractivity contribution in [2.75, 3.05) is 0 Å². The SMILES string of the molecule is O=C(O)C(F)(F)F.c1cnc(O[C@H]2C[C@H]3CCC[C@@H](C2)N3)cn1. The minimum absolute atomic E-state index is 0.313. The first-order valence-electron chi connectivity index (χ1n) is 7.33. The molecule has 2 aliphatic heterocycles. The van der Waals surface area contributed by atoms with Crippen molar-refractivity contribution < 1.29 is 27.8 Å². The topological polar surface area (TPSA) is 84.3 Å². The van der Waals surface area contributed by atoms with Gasteiger partial charge in [-0.2, -0.15) is 13.2 Å². The van der Waals surface area contributed by atoms with E-state index in [9.17, 15) is 13.2 Å². The molecule has 2 N–H and O–H groups in total. The molecule has 0 aliphatic carbocycles. The van der Waals surface area contributed by atoms with Crippen LogP contribution in [-0.4, -0.2) is 45.4 Å². The first kappa shape index (κ1) is 17.5. The fourth-order valence-corrected chi connectivity index (χ4v) is 2.83. The van der Waals surface area contributed by atoms with Crippen molar-refractivity contribution in [1.29, 1.82) is 0 Å². The first-order valence-corrected chi connectivity index (χ1v) is 7.33. The number of halogens is 3. The highest BCUT2D eigenvalue weighted by molar-refractivity contribution is 5.73. The third kappa shape index (κ3) is 5.66. The zero-order valence-corrected chi connectivity index (χ0v) is 12.3. The summed E-state index contributed by atoms with van der Waals surface area (Å²) in [6.07, 6.45) is 6.42. The van der Waals surface area contributed by atoms with Gasteiger partial charge in [0, 0.05) is 24.5 Å². The summed E-state index contributed by atoms with van der Waals surface area (Å²) in [5, 5.41) is 10.8. The van der Waals surface area contributed by atoms with E-state index in [1.165, 1.54) is 19.3 Å². The van der Waals surface area contributed by atoms with Crippen LogP contribution in [0.25, 0.3) is 0 Å². The highest BCUT2D eigenvalue weighted by Crippen LogP contribution is 2.27. The molecule has 1 aromatic rings. The lowest BCUT2D eigenvalue weighted by Gasteiger charge is -2.39. The number of fused-ring (bicyclic) bond motifs is 2. The highest BCUT2D eigenvalue weighted by Gasteiger charge is 2.38. The molecule has 1 aromatic heterocycles. The van der Waals surface area contributed by atoms with Crippen molar-refractivity contribution in [3.8, 4) is 5.88 Å². The Morgan fingerprint density at radius 2 is 1.87 bits per heavy atom. The summed E-state index contributed by atoms with van der Waals surface area (Å²) in [6.45, 7) is 0. The predicted molar refractivity (Wildman–Crippen MR) is 73.9 cm³/mol. The highest BCUT2D eigenvalue weighted by atomic mass is 19.4. The normalized spacial score (nSPS) is 26.7. The summed E-state index contributed by atoms with van der Waals surface area (Å²) in [5.41, 5.74) is 0. The summed E-state index contributed by atoms with van der Waals surface area (Å²) < 4.78 is 37.6. The molecule has 0 spiro atoms. The maximum absolute atomic E-state index is 10.6. The molecular weight excluding hydrogens is 315 g/mol. The molecular formula is C14H18F3N3O3. The Bertz CT molecular complexity index is 501. The molecule has 0 radical (unpaired) electrons. The molecule has 2 fully saturated rings. The van der Waals surface area contributed by atoms with Gasteiger partial charge in [-0.15, -0.1) is 0 Å². The van der Waals surface area contributed by atoms with Crippen LogP contribution in [0.2, 0.25) is 0 Å². The fraction of sp³-hybridized carbons (Fsp3) is 0.643. The average Bonchev–Trinajstić information content (AvgIpc) is 2.47. The van der Waals surface area contributed by atoms with Crippen LogP contribution in [0.5, 0.6) is 5.88 Å². The van der Waals surface area contributed by atoms with Crippen molar-refractivity contribution in [3.05, 3.63) is 18.6 Å². The number of nitrogens with one attached hydrogen (secondary N) is 1. The lowest BCUT2D eigenvalue weighted by atomic mass is 9.85. The van der Waals surface area contributed by atoms with E-state index in [2.05, 4.69) is 15.3 Å². The molecule has 6 nitrogen and oxygen atoms in total. The molecule has 23 heavy (non-hydrogen) atoms. The van der Waals surface area contributed by atoms with E-state index in [1.54, 1.807) is 18.6 Å². The number of rotatable bonds is 2. The van der Waals surface area contributed by atoms with Crippen LogP contribution in [0.4, 0.5) is 13.2 Å². The molecule has 0 unspecified atom stereocenters. The van der Waals surface area contributed by atoms with Gasteiger partial charge >= 0.3 is 12.1 Å². The number of hydrogen-bond acceptors (Lipinski definition) is 5. The number of aromatic nitrogens is 2. The summed E-state index contributed by atoms with van der Waals surface area (Å²) in [6, 6.07) is 1.29. The molecule has 2 saturated heterocycles. The third-order valence-corrected chi connectivity index (χ3v) is 3.74. The number of carboxylic acids is 1. The minimum Gasteiger partial charge on any atom is -0.475 e. The monoisotopic (exact) mass is 333 g/mol. The van der Waals surface area contributed by atoms with Gasteiger partial charge < -0.3 is 15.2 Å². The van der Waals surface area contributed by atoms with Crippen molar-refractivity contribution in [1.82, 2.24) is 15.3 Å². The number of alkyl halides is 3. The van der Waals surface area contributed by atoms with Gasteiger partial charge in [0.15, 0.2) is 0 Å². The Morgan fingerprint density at radius 1 is 1.26 bits per heavy atom. The van der Waals surface area contributed by atoms with Crippen molar-refractivity contribution in [2.24, 2.45) is 0 Å². The van der Waals surface area contributed by atoms with E-state index in [1.807, 2.05) is 0 Å². The predicted octanol–water partition coefficient (Wildman–Crippen LogP) is 2.16. The van der Waals surface area contributed by atoms with Crippen molar-refractivity contribution >= 4 is 5.97 Å². The van der Waals surface area contributed by atoms with Gasteiger partial charge in [0.1, 0.15) is 6.10 Å². The Hall–Kier alpha value is -1.90. The standard InChI is InChI=1S/C12H17N3O.C2HF3O2/c1-2-9-6-11(7-10(3-1)15-9)16-12-8-13-4-5-14-12;3-2(4,5)1(6)7/h4-5,8-11,15H,1-3,6-7H2;(H,6,7)/t9-,10+,11+;. The maximum Gasteiger partial charge on any atom is 0.490 e. The zero-order chi connectivity index (χ0) is 16.9. The average molecular weight is 333 g/mol. The number of hydrogen-bond donors (Lipinski definition) is 2. The lowest BCUT2D eigenvalue weighted by molar-refractivity contribution is -0.192. The van der Waals surface area contributed by atoms with Crippen LogP contribution in [0.15, 0.2) is 18.6 Å². The second-order valence-corrected chi connectivity index (χ2v) is 5.55. The van der Waals surface area contributed by atoms with E-state index in [0.717, 1.165) is 12.8 Å². The van der Waals surface area contributed by atoms with Gasteiger partial charge in [0.2, 0.25) is 5.88 Å². The summed E-state index contributed by atoms with van der Waals surface area (Å²) in [5.74, 6) is -2.10. The van der Waals surface area contributed by atoms with Gasteiger partial charge in [-0.1, -0.05) is 6.42 Å². The quantitative estimate of drug-likeness (QED) is 0.863. The molecule has 2 aliphatic rings. The number of aliphatic carboxylic acids is 1. The largest absolute Gasteiger partial charge is 0.490 e. The Balaban J connectivity index is 0.000000236. The summed E-state index contributed by atoms with van der Waals surface area (Å²) in [7, 11) is 0. The first-order chi connectivity index (χ1) is 10.8. The second-order valence-electron chi connectivity index (χ2n) is 5.55. The maximum atomic E-state index is 10.6. The van der Waals surface area contributed by atoms with Crippen LogP contribution >= 0.6 is 0 Å². The fourth-order valence-electron chi connectivity index (χ4n) is 2.83. The lowest BCUT2D eigenvalue weighted by Crippen LogP contribution is -2.51. The van der Waals surface area contributed by atoms with E-state index in [-0.39, 0.29) is 0 Å². The molecule has 3 rings (SSSR count). The van der Waals surface area contributed by atoms with E-state index >= 15 is 0 Å². The number of piperidine rings is 2. The molecule has 9 heteroatoms. The zero-order valence-electron chi connectivity index (χ0n) is 12.3. The number of carboxylic acid groups (broad SMARTS) is 1. The Morgan fingerprint density at radius 3 is 2.35 bits per heavy atom. The summed E-state index contributed by atoms with van der Waals surface area (Å²) in [4.78, 5) is 17.1. The van der Waals surface area contributed by atoms with Gasteiger partial charge in [0.05, 0.1) is 6.20 Å². The van der Waals surface area contributed by atoms with E-state index in [0.29, 0.717) is 24.1 Å². The second kappa shape index (κ2) is 7.58. The Labute approximate surface area is 131 Å². The molecule has 3 atom stereocenters. The molecule has 0 amide bonds. The molecule has 0 aromatic carbocycles. The van der Waals surface area contributed by atoms with Gasteiger partial charge in [-0.3, -0.25) is 4.98 Å². The Kier molecular flexibility index (Phi) is 5.75. The molecule has 0 saturated carbocycles. The van der Waals surface area contributed by atoms with Crippen LogP contribution in [-0.2, 0) is 4.79 Å². The van der Waals surface area contributed by atoms with E-state index < -0.39 is 12.1 Å². The van der Waals surface area contributed by atoms with Crippen molar-refractivity contribution in [2.45, 2.75) is 56.5 Å². The van der Waals surface area contributed by atoms with Crippen molar-refractivity contribution in [3.63, 3.8) is 0 Å². The molecule has 3 heterocycles. The van der Waals surface area contributed by atoms with Crippen LogP contribution in [0.3, 0.4) is 0 Å². The smallest absolute Gasteiger partial charge is 0.475 e. The van der Waals surface area contributed by atoms with Crippen LogP contribution < -0.4 is 10.1 Å². The molecule has 128 valence electrons. The van der Waals surface area contributed by atoms with Gasteiger partial charge in [-0.05, 0) is 25.7 Å². The van der Waals surface area contributed by atoms with Gasteiger partial charge in [-0.25, -0.2) is 9.78 Å². The number of carbonyl (C=O) groups is 1. The minimum atomic E-state index is -5.08.